The topological polar surface area (TPSA) is 85.8 Å². The summed E-state index contributed by atoms with van der Waals surface area (Å²) in [6.07, 6.45) is 1.01. The molecule has 3 rings (SSSR count). The maximum atomic E-state index is 12.7. The summed E-state index contributed by atoms with van der Waals surface area (Å²) in [5.41, 5.74) is 2.00. The number of rotatable bonds is 7. The number of amides is 1. The zero-order valence-electron chi connectivity index (χ0n) is 15.5. The quantitative estimate of drug-likeness (QED) is 0.454. The van der Waals surface area contributed by atoms with Gasteiger partial charge in [0.2, 0.25) is 11.1 Å². The Kier molecular flexibility index (Phi) is 6.18. The number of nitrogens with two attached hydrogens (primary N) is 1. The molecule has 0 spiro atoms. The molecule has 2 heterocycles. The van der Waals surface area contributed by atoms with Crippen LogP contribution in [0.2, 0.25) is 0 Å². The Hall–Kier alpha value is -2.32. The Morgan fingerprint density at radius 3 is 2.74 bits per heavy atom. The van der Waals surface area contributed by atoms with E-state index in [4.69, 9.17) is 5.84 Å². The fourth-order valence-electron chi connectivity index (χ4n) is 2.64. The van der Waals surface area contributed by atoms with Gasteiger partial charge in [-0.1, -0.05) is 49.9 Å². The molecule has 6 nitrogen and oxygen atoms in total. The number of nitrogens with one attached hydrogen (secondary N) is 1. The zero-order valence-corrected chi connectivity index (χ0v) is 17.2. The molecule has 27 heavy (non-hydrogen) atoms. The monoisotopic (exact) mass is 401 g/mol. The van der Waals surface area contributed by atoms with Crippen LogP contribution in [0.15, 0.2) is 46.9 Å². The molecule has 0 aliphatic heterocycles. The minimum absolute atomic E-state index is 0.0866. The van der Waals surface area contributed by atoms with Crippen molar-refractivity contribution < 1.29 is 4.79 Å². The molecule has 0 saturated carbocycles. The van der Waals surface area contributed by atoms with Crippen molar-refractivity contribution in [2.75, 3.05) is 11.2 Å². The van der Waals surface area contributed by atoms with Crippen molar-refractivity contribution in [3.8, 4) is 10.7 Å². The molecular weight excluding hydrogens is 378 g/mol. The van der Waals surface area contributed by atoms with E-state index in [2.05, 4.69) is 35.4 Å². The number of thioether (sulfide) groups is 1. The molecular formula is C19H23N5OS2. The largest absolute Gasteiger partial charge is 0.335 e. The van der Waals surface area contributed by atoms with Gasteiger partial charge in [-0.05, 0) is 42.3 Å². The second-order valence-electron chi connectivity index (χ2n) is 6.30. The lowest BCUT2D eigenvalue weighted by atomic mass is 9.97. The summed E-state index contributed by atoms with van der Waals surface area (Å²) < 4.78 is 1.44. The van der Waals surface area contributed by atoms with E-state index in [-0.39, 0.29) is 11.2 Å². The van der Waals surface area contributed by atoms with Crippen LogP contribution in [0.1, 0.15) is 38.7 Å². The number of hydrogen-bond donors (Lipinski definition) is 2. The van der Waals surface area contributed by atoms with Crippen LogP contribution in [-0.4, -0.2) is 26.0 Å². The van der Waals surface area contributed by atoms with Crippen LogP contribution < -0.4 is 11.2 Å². The van der Waals surface area contributed by atoms with Crippen LogP contribution in [0.5, 0.6) is 0 Å². The van der Waals surface area contributed by atoms with Crippen molar-refractivity contribution in [2.45, 2.75) is 43.5 Å². The van der Waals surface area contributed by atoms with Gasteiger partial charge in [-0.25, -0.2) is 4.68 Å². The van der Waals surface area contributed by atoms with Crippen LogP contribution in [0.3, 0.4) is 0 Å². The lowest BCUT2D eigenvalue weighted by Gasteiger charge is -2.17. The van der Waals surface area contributed by atoms with Gasteiger partial charge in [-0.3, -0.25) is 4.79 Å². The first-order valence-electron chi connectivity index (χ1n) is 8.82. The Balaban J connectivity index is 1.71. The molecule has 0 saturated heterocycles. The highest BCUT2D eigenvalue weighted by atomic mass is 32.2. The van der Waals surface area contributed by atoms with Crippen molar-refractivity contribution in [2.24, 2.45) is 0 Å². The first kappa shape index (κ1) is 19.4. The van der Waals surface area contributed by atoms with E-state index in [1.54, 1.807) is 11.3 Å². The summed E-state index contributed by atoms with van der Waals surface area (Å²) in [6.45, 7) is 6.14. The van der Waals surface area contributed by atoms with E-state index in [1.165, 1.54) is 16.4 Å². The van der Waals surface area contributed by atoms with Gasteiger partial charge in [0.25, 0.3) is 0 Å². The molecule has 2 atom stereocenters. The highest BCUT2D eigenvalue weighted by Gasteiger charge is 2.21. The molecule has 0 unspecified atom stereocenters. The number of benzene rings is 1. The molecule has 142 valence electrons. The highest BCUT2D eigenvalue weighted by Crippen LogP contribution is 2.29. The van der Waals surface area contributed by atoms with Crippen molar-refractivity contribution in [1.29, 1.82) is 0 Å². The van der Waals surface area contributed by atoms with Gasteiger partial charge in [-0.2, -0.15) is 0 Å². The Labute approximate surface area is 167 Å². The number of carbonyl (C=O) groups excluding carboxylic acids is 1. The van der Waals surface area contributed by atoms with Crippen molar-refractivity contribution >= 4 is 34.7 Å². The zero-order chi connectivity index (χ0) is 19.4. The predicted molar refractivity (Wildman–Crippen MR) is 113 cm³/mol. The number of carbonyl (C=O) groups is 1. The third-order valence-corrected chi connectivity index (χ3v) is 6.34. The minimum atomic E-state index is -0.363. The SMILES string of the molecule is CC[C@@H](C)c1ccccc1NC(=O)[C@H](C)Sc1nnc(-c2cccs2)n1N. The lowest BCUT2D eigenvalue weighted by molar-refractivity contribution is -0.115. The second kappa shape index (κ2) is 8.58. The molecule has 1 aromatic carbocycles. The van der Waals surface area contributed by atoms with Gasteiger partial charge in [0.15, 0.2) is 5.82 Å². The maximum absolute atomic E-state index is 12.7. The smallest absolute Gasteiger partial charge is 0.237 e. The van der Waals surface area contributed by atoms with Gasteiger partial charge in [0.05, 0.1) is 10.1 Å². The standard InChI is InChI=1S/C19H23N5OS2/c1-4-12(2)14-8-5-6-9-15(14)21-18(25)13(3)27-19-23-22-17(24(19)20)16-10-7-11-26-16/h5-13H,4,20H2,1-3H3,(H,21,25)/t12-,13+/m1/s1. The molecule has 0 aliphatic carbocycles. The van der Waals surface area contributed by atoms with Crippen molar-refractivity contribution in [1.82, 2.24) is 14.9 Å². The van der Waals surface area contributed by atoms with Crippen LogP contribution in [-0.2, 0) is 4.79 Å². The van der Waals surface area contributed by atoms with Gasteiger partial charge >= 0.3 is 0 Å². The summed E-state index contributed by atoms with van der Waals surface area (Å²) in [5, 5.41) is 13.4. The Morgan fingerprint density at radius 2 is 2.04 bits per heavy atom. The maximum Gasteiger partial charge on any atom is 0.237 e. The number of para-hydroxylation sites is 1. The first-order valence-corrected chi connectivity index (χ1v) is 10.6. The number of aromatic nitrogens is 3. The fraction of sp³-hybridized carbons (Fsp3) is 0.316. The molecule has 3 N–H and O–H groups in total. The van der Waals surface area contributed by atoms with Crippen molar-refractivity contribution in [3.63, 3.8) is 0 Å². The van der Waals surface area contributed by atoms with E-state index in [0.717, 1.165) is 22.5 Å². The minimum Gasteiger partial charge on any atom is -0.335 e. The van der Waals surface area contributed by atoms with Crippen LogP contribution in [0, 0.1) is 0 Å². The second-order valence-corrected chi connectivity index (χ2v) is 8.56. The fourth-order valence-corrected chi connectivity index (χ4v) is 4.11. The molecule has 0 radical (unpaired) electrons. The lowest BCUT2D eigenvalue weighted by Crippen LogP contribution is -2.24. The molecule has 8 heteroatoms. The number of anilines is 1. The molecule has 2 aromatic heterocycles. The van der Waals surface area contributed by atoms with E-state index >= 15 is 0 Å². The third-order valence-electron chi connectivity index (χ3n) is 4.42. The highest BCUT2D eigenvalue weighted by molar-refractivity contribution is 8.00. The van der Waals surface area contributed by atoms with Crippen LogP contribution >= 0.6 is 23.1 Å². The molecule has 0 fully saturated rings. The molecule has 0 aliphatic rings. The summed E-state index contributed by atoms with van der Waals surface area (Å²) in [7, 11) is 0. The summed E-state index contributed by atoms with van der Waals surface area (Å²) in [4.78, 5) is 13.6. The van der Waals surface area contributed by atoms with Gasteiger partial charge < -0.3 is 11.2 Å². The molecule has 1 amide bonds. The van der Waals surface area contributed by atoms with E-state index in [9.17, 15) is 4.79 Å². The summed E-state index contributed by atoms with van der Waals surface area (Å²) >= 11 is 2.84. The first-order chi connectivity index (χ1) is 13.0. The average molecular weight is 402 g/mol. The average Bonchev–Trinajstić information content (AvgIpc) is 3.32. The van der Waals surface area contributed by atoms with E-state index < -0.39 is 0 Å². The van der Waals surface area contributed by atoms with Gasteiger partial charge in [0, 0.05) is 5.69 Å². The number of hydrogen-bond acceptors (Lipinski definition) is 6. The van der Waals surface area contributed by atoms with Crippen molar-refractivity contribution in [3.05, 3.63) is 47.3 Å². The summed E-state index contributed by atoms with van der Waals surface area (Å²) in [6, 6.07) is 11.8. The van der Waals surface area contributed by atoms with Crippen LogP contribution in [0.4, 0.5) is 5.69 Å². The summed E-state index contributed by atoms with van der Waals surface area (Å²) in [5.74, 6) is 7.02. The third kappa shape index (κ3) is 4.33. The number of thiophene rings is 1. The Bertz CT molecular complexity index is 907. The molecule has 0 bridgehead atoms. The van der Waals surface area contributed by atoms with Crippen LogP contribution in [0.25, 0.3) is 10.7 Å². The molecule has 3 aromatic rings. The van der Waals surface area contributed by atoms with E-state index in [0.29, 0.717) is 16.9 Å². The van der Waals surface area contributed by atoms with E-state index in [1.807, 2.05) is 42.6 Å². The van der Waals surface area contributed by atoms with Gasteiger partial charge in [-0.15, -0.1) is 21.5 Å². The number of nitrogen functional groups attached to an aromatic ring is 1. The normalized spacial score (nSPS) is 13.3. The Morgan fingerprint density at radius 1 is 1.26 bits per heavy atom. The van der Waals surface area contributed by atoms with Gasteiger partial charge in [0.1, 0.15) is 0 Å². The number of nitrogens with zero attached hydrogens (tertiary/aromatic N) is 3. The predicted octanol–water partition coefficient (Wildman–Crippen LogP) is 4.35.